The molecule has 1 N–H and O–H groups in total. The molecular formula is C12H26N2O2. The maximum absolute atomic E-state index is 5.32. The van der Waals surface area contributed by atoms with Crippen LogP contribution in [0.2, 0.25) is 0 Å². The van der Waals surface area contributed by atoms with Gasteiger partial charge in [-0.3, -0.25) is 4.90 Å². The Morgan fingerprint density at radius 1 is 1.38 bits per heavy atom. The average Bonchev–Trinajstić information content (AvgIpc) is 2.33. The lowest BCUT2D eigenvalue weighted by atomic mass is 10.2. The summed E-state index contributed by atoms with van der Waals surface area (Å²) in [6.45, 7) is 9.34. The van der Waals surface area contributed by atoms with E-state index in [1.807, 2.05) is 0 Å². The Balaban J connectivity index is 1.90. The van der Waals surface area contributed by atoms with E-state index >= 15 is 0 Å². The molecule has 1 atom stereocenters. The third kappa shape index (κ3) is 6.43. The zero-order chi connectivity index (χ0) is 11.6. The monoisotopic (exact) mass is 230 g/mol. The highest BCUT2D eigenvalue weighted by atomic mass is 16.5. The van der Waals surface area contributed by atoms with Crippen molar-refractivity contribution in [1.82, 2.24) is 10.2 Å². The number of hydrogen-bond acceptors (Lipinski definition) is 4. The summed E-state index contributed by atoms with van der Waals surface area (Å²) >= 11 is 0. The maximum Gasteiger partial charge on any atom is 0.0594 e. The summed E-state index contributed by atoms with van der Waals surface area (Å²) in [7, 11) is 1.76. The van der Waals surface area contributed by atoms with Crippen molar-refractivity contribution in [3.63, 3.8) is 0 Å². The fourth-order valence-electron chi connectivity index (χ4n) is 1.87. The first-order valence-corrected chi connectivity index (χ1v) is 6.35. The first kappa shape index (κ1) is 13.9. The third-order valence-corrected chi connectivity index (χ3v) is 3.00. The fraction of sp³-hybridized carbons (Fsp3) is 1.00. The number of methoxy groups -OCH3 is 1. The van der Waals surface area contributed by atoms with Crippen LogP contribution in [-0.2, 0) is 9.47 Å². The van der Waals surface area contributed by atoms with Crippen molar-refractivity contribution in [2.45, 2.75) is 25.8 Å². The molecule has 16 heavy (non-hydrogen) atoms. The lowest BCUT2D eigenvalue weighted by Crippen LogP contribution is -2.38. The molecule has 0 amide bonds. The molecule has 1 saturated heterocycles. The summed E-state index contributed by atoms with van der Waals surface area (Å²) in [4.78, 5) is 2.48. The minimum Gasteiger partial charge on any atom is -0.385 e. The van der Waals surface area contributed by atoms with E-state index in [0.717, 1.165) is 45.9 Å². The van der Waals surface area contributed by atoms with Crippen LogP contribution >= 0.6 is 0 Å². The highest BCUT2D eigenvalue weighted by molar-refractivity contribution is 4.64. The van der Waals surface area contributed by atoms with Crippen molar-refractivity contribution >= 4 is 0 Å². The lowest BCUT2D eigenvalue weighted by Gasteiger charge is -2.26. The second-order valence-electron chi connectivity index (χ2n) is 4.44. The molecule has 1 fully saturated rings. The van der Waals surface area contributed by atoms with Crippen LogP contribution in [-0.4, -0.2) is 64.1 Å². The van der Waals surface area contributed by atoms with Crippen LogP contribution in [0.3, 0.4) is 0 Å². The molecule has 1 unspecified atom stereocenters. The Hall–Kier alpha value is -0.160. The zero-order valence-electron chi connectivity index (χ0n) is 10.7. The van der Waals surface area contributed by atoms with Crippen molar-refractivity contribution < 1.29 is 9.47 Å². The van der Waals surface area contributed by atoms with Crippen LogP contribution in [0.5, 0.6) is 0 Å². The van der Waals surface area contributed by atoms with Gasteiger partial charge >= 0.3 is 0 Å². The van der Waals surface area contributed by atoms with E-state index in [0.29, 0.717) is 6.04 Å². The van der Waals surface area contributed by atoms with Crippen molar-refractivity contribution in [3.8, 4) is 0 Å². The topological polar surface area (TPSA) is 33.7 Å². The van der Waals surface area contributed by atoms with Crippen LogP contribution in [0.1, 0.15) is 19.8 Å². The molecule has 1 aliphatic heterocycles. The minimum atomic E-state index is 0.560. The van der Waals surface area contributed by atoms with Gasteiger partial charge in [0.2, 0.25) is 0 Å². The van der Waals surface area contributed by atoms with Crippen LogP contribution in [0.15, 0.2) is 0 Å². The zero-order valence-corrected chi connectivity index (χ0v) is 10.7. The van der Waals surface area contributed by atoms with Gasteiger partial charge in [-0.1, -0.05) is 0 Å². The van der Waals surface area contributed by atoms with E-state index in [1.165, 1.54) is 13.0 Å². The van der Waals surface area contributed by atoms with E-state index in [1.54, 1.807) is 7.11 Å². The van der Waals surface area contributed by atoms with E-state index in [2.05, 4.69) is 17.1 Å². The summed E-state index contributed by atoms with van der Waals surface area (Å²) in [5, 5.41) is 3.52. The molecule has 96 valence electrons. The van der Waals surface area contributed by atoms with Gasteiger partial charge in [-0.2, -0.15) is 0 Å². The largest absolute Gasteiger partial charge is 0.385 e. The Labute approximate surface area is 99.3 Å². The van der Waals surface area contributed by atoms with Gasteiger partial charge < -0.3 is 14.8 Å². The summed E-state index contributed by atoms with van der Waals surface area (Å²) in [5.74, 6) is 0. The summed E-state index contributed by atoms with van der Waals surface area (Å²) in [6.07, 6.45) is 2.31. The molecule has 0 aromatic rings. The van der Waals surface area contributed by atoms with Crippen molar-refractivity contribution in [3.05, 3.63) is 0 Å². The Kier molecular flexibility index (Phi) is 7.76. The molecule has 0 bridgehead atoms. The van der Waals surface area contributed by atoms with Gasteiger partial charge in [0.05, 0.1) is 13.2 Å². The second kappa shape index (κ2) is 8.93. The highest BCUT2D eigenvalue weighted by Gasteiger charge is 2.09. The Morgan fingerprint density at radius 2 is 2.12 bits per heavy atom. The van der Waals surface area contributed by atoms with E-state index in [9.17, 15) is 0 Å². The molecular weight excluding hydrogens is 204 g/mol. The van der Waals surface area contributed by atoms with Gasteiger partial charge in [0.15, 0.2) is 0 Å². The normalized spacial score (nSPS) is 19.9. The Bertz CT molecular complexity index is 161. The van der Waals surface area contributed by atoms with Gasteiger partial charge in [0, 0.05) is 32.8 Å². The first-order valence-electron chi connectivity index (χ1n) is 6.35. The van der Waals surface area contributed by atoms with Crippen molar-refractivity contribution in [1.29, 1.82) is 0 Å². The highest BCUT2D eigenvalue weighted by Crippen LogP contribution is 1.98. The Morgan fingerprint density at radius 3 is 2.81 bits per heavy atom. The van der Waals surface area contributed by atoms with Crippen LogP contribution in [0, 0.1) is 0 Å². The maximum atomic E-state index is 5.32. The summed E-state index contributed by atoms with van der Waals surface area (Å²) in [6, 6.07) is 0.560. The molecule has 1 aliphatic rings. The van der Waals surface area contributed by atoms with Crippen molar-refractivity contribution in [2.24, 2.45) is 0 Å². The number of rotatable bonds is 8. The van der Waals surface area contributed by atoms with Gasteiger partial charge in [0.1, 0.15) is 0 Å². The molecule has 1 rings (SSSR count). The lowest BCUT2D eigenvalue weighted by molar-refractivity contribution is 0.0373. The quantitative estimate of drug-likeness (QED) is 0.623. The second-order valence-corrected chi connectivity index (χ2v) is 4.44. The molecule has 0 aliphatic carbocycles. The molecule has 0 saturated carbocycles. The number of ether oxygens (including phenoxy) is 2. The molecule has 0 radical (unpaired) electrons. The van der Waals surface area contributed by atoms with E-state index < -0.39 is 0 Å². The third-order valence-electron chi connectivity index (χ3n) is 3.00. The van der Waals surface area contributed by atoms with Gasteiger partial charge in [-0.15, -0.1) is 0 Å². The number of nitrogens with zero attached hydrogens (tertiary/aromatic N) is 1. The fourth-order valence-corrected chi connectivity index (χ4v) is 1.87. The number of morpholine rings is 1. The molecule has 4 heteroatoms. The van der Waals surface area contributed by atoms with E-state index in [-0.39, 0.29) is 0 Å². The predicted molar refractivity (Wildman–Crippen MR) is 65.8 cm³/mol. The molecule has 1 heterocycles. The van der Waals surface area contributed by atoms with Crippen LogP contribution in [0.25, 0.3) is 0 Å². The molecule has 0 spiro atoms. The van der Waals surface area contributed by atoms with Gasteiger partial charge in [-0.25, -0.2) is 0 Å². The summed E-state index contributed by atoms with van der Waals surface area (Å²) in [5.41, 5.74) is 0. The van der Waals surface area contributed by atoms with Crippen LogP contribution in [0.4, 0.5) is 0 Å². The number of hydrogen-bond donors (Lipinski definition) is 1. The molecule has 0 aromatic carbocycles. The molecule has 0 aromatic heterocycles. The van der Waals surface area contributed by atoms with Crippen molar-refractivity contribution in [2.75, 3.05) is 53.1 Å². The predicted octanol–water partition coefficient (Wildman–Crippen LogP) is 0.723. The molecule has 4 nitrogen and oxygen atoms in total. The number of nitrogens with one attached hydrogen (secondary N) is 1. The SMILES string of the molecule is COCCC(C)NCCCN1CCOCC1. The van der Waals surface area contributed by atoms with E-state index in [4.69, 9.17) is 9.47 Å². The summed E-state index contributed by atoms with van der Waals surface area (Å²) < 4.78 is 10.4. The van der Waals surface area contributed by atoms with Gasteiger partial charge in [-0.05, 0) is 32.9 Å². The minimum absolute atomic E-state index is 0.560. The standard InChI is InChI=1S/C12H26N2O2/c1-12(4-9-15-2)13-5-3-6-14-7-10-16-11-8-14/h12-13H,3-11H2,1-2H3. The van der Waals surface area contributed by atoms with Gasteiger partial charge in [0.25, 0.3) is 0 Å². The smallest absolute Gasteiger partial charge is 0.0594 e. The first-order chi connectivity index (χ1) is 7.83. The van der Waals surface area contributed by atoms with Crippen LogP contribution < -0.4 is 5.32 Å². The average molecular weight is 230 g/mol.